The van der Waals surface area contributed by atoms with Crippen LogP contribution in [0.15, 0.2) is 24.5 Å². The molecule has 2 heterocycles. The number of aryl methyl sites for hydroxylation is 1. The molecule has 1 saturated heterocycles. The van der Waals surface area contributed by atoms with E-state index in [1.165, 1.54) is 0 Å². The van der Waals surface area contributed by atoms with Crippen LogP contribution in [0.1, 0.15) is 5.56 Å². The Bertz CT molecular complexity index is 561. The predicted octanol–water partition coefficient (Wildman–Crippen LogP) is -0.688. The number of carboxylic acids is 1. The zero-order valence-corrected chi connectivity index (χ0v) is 11.7. The number of hydrogen-bond donors (Lipinski definition) is 2. The first-order valence-corrected chi connectivity index (χ1v) is 7.93. The van der Waals surface area contributed by atoms with Crippen molar-refractivity contribution in [2.75, 3.05) is 25.4 Å². The zero-order valence-electron chi connectivity index (χ0n) is 10.9. The van der Waals surface area contributed by atoms with Crippen molar-refractivity contribution >= 4 is 16.0 Å². The van der Waals surface area contributed by atoms with Gasteiger partial charge >= 0.3 is 5.97 Å². The summed E-state index contributed by atoms with van der Waals surface area (Å²) in [5.41, 5.74) is 0.866. The predicted molar refractivity (Wildman–Crippen MR) is 72.7 cm³/mol. The minimum atomic E-state index is -3.58. The van der Waals surface area contributed by atoms with E-state index in [1.807, 2.05) is 0 Å². The second-order valence-electron chi connectivity index (χ2n) is 4.59. The number of hydrogen-bond acceptors (Lipinski definition) is 5. The largest absolute Gasteiger partial charge is 0.480 e. The van der Waals surface area contributed by atoms with Gasteiger partial charge in [0.05, 0.1) is 5.75 Å². The summed E-state index contributed by atoms with van der Waals surface area (Å²) in [4.78, 5) is 15.0. The first-order valence-electron chi connectivity index (χ1n) is 6.32. The summed E-state index contributed by atoms with van der Waals surface area (Å²) in [7, 11) is -3.58. The molecule has 0 spiro atoms. The van der Waals surface area contributed by atoms with Gasteiger partial charge in [0.15, 0.2) is 0 Å². The van der Waals surface area contributed by atoms with Crippen LogP contribution in [0, 0.1) is 0 Å². The van der Waals surface area contributed by atoms with E-state index in [4.69, 9.17) is 5.11 Å². The Balaban J connectivity index is 2.06. The highest BCUT2D eigenvalue weighted by molar-refractivity contribution is 7.89. The first-order chi connectivity index (χ1) is 9.50. The maximum Gasteiger partial charge on any atom is 0.323 e. The van der Waals surface area contributed by atoms with Gasteiger partial charge in [-0.05, 0) is 24.1 Å². The molecule has 1 aromatic rings. The summed E-state index contributed by atoms with van der Waals surface area (Å²) in [6.45, 7) is 0.803. The normalized spacial score (nSPS) is 20.7. The van der Waals surface area contributed by atoms with Crippen molar-refractivity contribution in [3.8, 4) is 0 Å². The van der Waals surface area contributed by atoms with E-state index in [9.17, 15) is 13.2 Å². The molecular weight excluding hydrogens is 282 g/mol. The van der Waals surface area contributed by atoms with E-state index in [0.29, 0.717) is 13.0 Å². The average Bonchev–Trinajstić information content (AvgIpc) is 2.46. The van der Waals surface area contributed by atoms with Gasteiger partial charge in [0, 0.05) is 32.0 Å². The van der Waals surface area contributed by atoms with Crippen LogP contribution in [0.3, 0.4) is 0 Å². The van der Waals surface area contributed by atoms with Crippen LogP contribution in [0.5, 0.6) is 0 Å². The quantitative estimate of drug-likeness (QED) is 0.747. The Kier molecular flexibility index (Phi) is 4.69. The summed E-state index contributed by atoms with van der Waals surface area (Å²) in [5.74, 6) is -1.22. The molecule has 0 aliphatic carbocycles. The van der Waals surface area contributed by atoms with Gasteiger partial charge in [-0.1, -0.05) is 0 Å². The number of nitrogens with one attached hydrogen (secondary N) is 1. The summed E-state index contributed by atoms with van der Waals surface area (Å²) in [6.07, 6.45) is 3.56. The molecule has 110 valence electrons. The van der Waals surface area contributed by atoms with Crippen LogP contribution in [-0.4, -0.2) is 60.2 Å². The van der Waals surface area contributed by atoms with Gasteiger partial charge in [-0.2, -0.15) is 4.31 Å². The number of nitrogens with zero attached hydrogens (tertiary/aromatic N) is 2. The fourth-order valence-electron chi connectivity index (χ4n) is 2.14. The molecule has 0 amide bonds. The first kappa shape index (κ1) is 14.9. The van der Waals surface area contributed by atoms with Gasteiger partial charge in [0.25, 0.3) is 0 Å². The Morgan fingerprint density at radius 2 is 2.15 bits per heavy atom. The highest BCUT2D eigenvalue weighted by Gasteiger charge is 2.36. The van der Waals surface area contributed by atoms with Crippen molar-refractivity contribution in [2.24, 2.45) is 0 Å². The van der Waals surface area contributed by atoms with Crippen molar-refractivity contribution in [3.05, 3.63) is 30.1 Å². The second-order valence-corrected chi connectivity index (χ2v) is 6.63. The summed E-state index contributed by atoms with van der Waals surface area (Å²) in [5, 5.41) is 12.0. The summed E-state index contributed by atoms with van der Waals surface area (Å²) < 4.78 is 25.7. The van der Waals surface area contributed by atoms with Gasteiger partial charge in [-0.25, -0.2) is 8.42 Å². The lowest BCUT2D eigenvalue weighted by Gasteiger charge is -2.32. The van der Waals surface area contributed by atoms with E-state index in [2.05, 4.69) is 10.3 Å². The number of pyridine rings is 1. The maximum absolute atomic E-state index is 12.3. The van der Waals surface area contributed by atoms with Crippen LogP contribution < -0.4 is 5.32 Å². The molecule has 1 fully saturated rings. The number of aromatic nitrogens is 1. The third kappa shape index (κ3) is 3.53. The summed E-state index contributed by atoms with van der Waals surface area (Å²) in [6, 6.07) is 2.48. The number of carbonyl (C=O) groups is 1. The van der Waals surface area contributed by atoms with Gasteiger partial charge in [0.2, 0.25) is 10.0 Å². The van der Waals surface area contributed by atoms with E-state index in [-0.39, 0.29) is 18.8 Å². The number of rotatable bonds is 5. The van der Waals surface area contributed by atoms with Crippen LogP contribution in [0.4, 0.5) is 0 Å². The molecule has 2 rings (SSSR count). The molecule has 0 aromatic carbocycles. The number of sulfonamides is 1. The van der Waals surface area contributed by atoms with E-state index < -0.39 is 22.0 Å². The lowest BCUT2D eigenvalue weighted by atomic mass is 10.2. The Morgan fingerprint density at radius 3 is 2.80 bits per heavy atom. The molecule has 20 heavy (non-hydrogen) atoms. The van der Waals surface area contributed by atoms with Crippen LogP contribution in [-0.2, 0) is 21.2 Å². The van der Waals surface area contributed by atoms with E-state index >= 15 is 0 Å². The monoisotopic (exact) mass is 299 g/mol. The van der Waals surface area contributed by atoms with Crippen molar-refractivity contribution in [3.63, 3.8) is 0 Å². The van der Waals surface area contributed by atoms with Crippen LogP contribution in [0.25, 0.3) is 0 Å². The molecule has 8 heteroatoms. The highest BCUT2D eigenvalue weighted by Crippen LogP contribution is 2.12. The van der Waals surface area contributed by atoms with Crippen molar-refractivity contribution in [2.45, 2.75) is 12.5 Å². The van der Waals surface area contributed by atoms with Crippen molar-refractivity contribution in [1.29, 1.82) is 0 Å². The molecule has 1 atom stereocenters. The standard InChI is InChI=1S/C12H17N3O4S/c16-12(17)11-9-14-6-7-15(11)20(18,19)8-3-10-1-4-13-5-2-10/h1-2,4-5,11,14H,3,6-9H2,(H,16,17). The minimum absolute atomic E-state index is 0.0964. The van der Waals surface area contributed by atoms with Gasteiger partial charge in [-0.3, -0.25) is 9.78 Å². The smallest absolute Gasteiger partial charge is 0.323 e. The molecule has 1 unspecified atom stereocenters. The fourth-order valence-corrected chi connectivity index (χ4v) is 3.79. The van der Waals surface area contributed by atoms with Gasteiger partial charge in [-0.15, -0.1) is 0 Å². The van der Waals surface area contributed by atoms with Gasteiger partial charge < -0.3 is 10.4 Å². The Labute approximate surface area is 117 Å². The lowest BCUT2D eigenvalue weighted by molar-refractivity contribution is -0.141. The van der Waals surface area contributed by atoms with Crippen LogP contribution in [0.2, 0.25) is 0 Å². The van der Waals surface area contributed by atoms with Crippen molar-refractivity contribution < 1.29 is 18.3 Å². The Hall–Kier alpha value is -1.51. The van der Waals surface area contributed by atoms with E-state index in [1.54, 1.807) is 24.5 Å². The number of carboxylic acid groups (broad SMARTS) is 1. The zero-order chi connectivity index (χ0) is 14.6. The molecule has 0 radical (unpaired) electrons. The van der Waals surface area contributed by atoms with E-state index in [0.717, 1.165) is 9.87 Å². The molecule has 1 aromatic heterocycles. The SMILES string of the molecule is O=C(O)C1CNCCN1S(=O)(=O)CCc1ccncc1. The number of piperazine rings is 1. The fraction of sp³-hybridized carbons (Fsp3) is 0.500. The molecule has 2 N–H and O–H groups in total. The average molecular weight is 299 g/mol. The lowest BCUT2D eigenvalue weighted by Crippen LogP contribution is -2.57. The molecular formula is C12H17N3O4S. The van der Waals surface area contributed by atoms with Gasteiger partial charge in [0.1, 0.15) is 6.04 Å². The third-order valence-corrected chi connectivity index (χ3v) is 5.11. The topological polar surface area (TPSA) is 99.6 Å². The Morgan fingerprint density at radius 1 is 1.45 bits per heavy atom. The minimum Gasteiger partial charge on any atom is -0.480 e. The molecule has 7 nitrogen and oxygen atoms in total. The molecule has 1 aliphatic rings. The second kappa shape index (κ2) is 6.29. The van der Waals surface area contributed by atoms with Crippen LogP contribution >= 0.6 is 0 Å². The highest BCUT2D eigenvalue weighted by atomic mass is 32.2. The maximum atomic E-state index is 12.3. The molecule has 1 aliphatic heterocycles. The molecule has 0 bridgehead atoms. The third-order valence-electron chi connectivity index (χ3n) is 3.23. The molecule has 0 saturated carbocycles. The number of aliphatic carboxylic acids is 1. The van der Waals surface area contributed by atoms with Crippen molar-refractivity contribution in [1.82, 2.24) is 14.6 Å². The summed E-state index contributed by atoms with van der Waals surface area (Å²) >= 11 is 0.